The quantitative estimate of drug-likeness (QED) is 0.392. The molecule has 0 aliphatic rings. The van der Waals surface area contributed by atoms with Crippen molar-refractivity contribution in [3.63, 3.8) is 0 Å². The zero-order valence-electron chi connectivity index (χ0n) is 15.1. The number of hydrogen-bond donors (Lipinski definition) is 1. The Morgan fingerprint density at radius 2 is 1.69 bits per heavy atom. The molecule has 4 nitrogen and oxygen atoms in total. The van der Waals surface area contributed by atoms with Crippen molar-refractivity contribution in [1.29, 1.82) is 0 Å². The molecule has 0 aromatic heterocycles. The van der Waals surface area contributed by atoms with Crippen molar-refractivity contribution in [1.82, 2.24) is 10.2 Å². The molecule has 0 atom stereocenters. The SMILES string of the molecule is CN=C(NCCc1cc(F)cc(F)c1)N(C)Cc1ccc(OC)cc1.I. The summed E-state index contributed by atoms with van der Waals surface area (Å²) in [6.45, 7) is 1.21. The van der Waals surface area contributed by atoms with Gasteiger partial charge in [-0.1, -0.05) is 12.1 Å². The summed E-state index contributed by atoms with van der Waals surface area (Å²) >= 11 is 0. The Hall–Kier alpha value is -1.90. The number of aliphatic imine (C=N–C) groups is 1. The van der Waals surface area contributed by atoms with Crippen molar-refractivity contribution in [2.75, 3.05) is 27.7 Å². The molecular formula is C19H24F2IN3O. The lowest BCUT2D eigenvalue weighted by atomic mass is 10.1. The van der Waals surface area contributed by atoms with Crippen molar-refractivity contribution >= 4 is 29.9 Å². The maximum absolute atomic E-state index is 13.2. The summed E-state index contributed by atoms with van der Waals surface area (Å²) in [5, 5.41) is 3.21. The van der Waals surface area contributed by atoms with E-state index in [0.29, 0.717) is 31.0 Å². The fourth-order valence-corrected chi connectivity index (χ4v) is 2.54. The van der Waals surface area contributed by atoms with Crippen LogP contribution in [0.25, 0.3) is 0 Å². The van der Waals surface area contributed by atoms with Crippen LogP contribution in [0.3, 0.4) is 0 Å². The van der Waals surface area contributed by atoms with Gasteiger partial charge >= 0.3 is 0 Å². The van der Waals surface area contributed by atoms with Crippen LogP contribution in [-0.4, -0.2) is 38.6 Å². The highest BCUT2D eigenvalue weighted by Crippen LogP contribution is 2.12. The number of nitrogens with one attached hydrogen (secondary N) is 1. The maximum Gasteiger partial charge on any atom is 0.193 e. The highest BCUT2D eigenvalue weighted by molar-refractivity contribution is 14.0. The smallest absolute Gasteiger partial charge is 0.193 e. The lowest BCUT2D eigenvalue weighted by Gasteiger charge is -2.22. The molecule has 0 saturated heterocycles. The summed E-state index contributed by atoms with van der Waals surface area (Å²) in [4.78, 5) is 6.22. The van der Waals surface area contributed by atoms with Gasteiger partial charge in [0.2, 0.25) is 0 Å². The third kappa shape index (κ3) is 6.78. The van der Waals surface area contributed by atoms with E-state index in [1.165, 1.54) is 12.1 Å². The predicted molar refractivity (Wildman–Crippen MR) is 111 cm³/mol. The first-order chi connectivity index (χ1) is 12.0. The summed E-state index contributed by atoms with van der Waals surface area (Å²) in [6, 6.07) is 11.4. The first-order valence-corrected chi connectivity index (χ1v) is 8.01. The number of nitrogens with zero attached hydrogens (tertiary/aromatic N) is 2. The van der Waals surface area contributed by atoms with E-state index in [1.807, 2.05) is 36.2 Å². The lowest BCUT2D eigenvalue weighted by molar-refractivity contribution is 0.414. The average Bonchev–Trinajstić information content (AvgIpc) is 2.58. The van der Waals surface area contributed by atoms with Crippen LogP contribution in [0.1, 0.15) is 11.1 Å². The van der Waals surface area contributed by atoms with Gasteiger partial charge in [0.25, 0.3) is 0 Å². The minimum atomic E-state index is -0.559. The van der Waals surface area contributed by atoms with Crippen LogP contribution >= 0.6 is 24.0 Å². The van der Waals surface area contributed by atoms with E-state index in [9.17, 15) is 8.78 Å². The molecule has 0 radical (unpaired) electrons. The first-order valence-electron chi connectivity index (χ1n) is 8.01. The van der Waals surface area contributed by atoms with Crippen LogP contribution in [0.2, 0.25) is 0 Å². The van der Waals surface area contributed by atoms with Gasteiger partial charge in [0, 0.05) is 33.3 Å². The highest BCUT2D eigenvalue weighted by Gasteiger charge is 2.07. The van der Waals surface area contributed by atoms with Gasteiger partial charge in [0.15, 0.2) is 5.96 Å². The molecule has 0 fully saturated rings. The van der Waals surface area contributed by atoms with E-state index >= 15 is 0 Å². The monoisotopic (exact) mass is 475 g/mol. The number of benzene rings is 2. The van der Waals surface area contributed by atoms with Crippen molar-refractivity contribution in [2.24, 2.45) is 4.99 Å². The number of hydrogen-bond acceptors (Lipinski definition) is 2. The Bertz CT molecular complexity index is 703. The van der Waals surface area contributed by atoms with E-state index in [1.54, 1.807) is 14.2 Å². The van der Waals surface area contributed by atoms with Crippen LogP contribution < -0.4 is 10.1 Å². The van der Waals surface area contributed by atoms with Crippen LogP contribution in [0.15, 0.2) is 47.5 Å². The fraction of sp³-hybridized carbons (Fsp3) is 0.316. The normalized spacial score (nSPS) is 10.9. The second-order valence-electron chi connectivity index (χ2n) is 5.71. The molecule has 0 bridgehead atoms. The summed E-state index contributed by atoms with van der Waals surface area (Å²) in [5.74, 6) is 0.413. The second-order valence-corrected chi connectivity index (χ2v) is 5.71. The van der Waals surface area contributed by atoms with Gasteiger partial charge in [-0.05, 0) is 41.8 Å². The van der Waals surface area contributed by atoms with Gasteiger partial charge in [-0.25, -0.2) is 8.78 Å². The van der Waals surface area contributed by atoms with Crippen LogP contribution in [-0.2, 0) is 13.0 Å². The molecule has 0 aliphatic heterocycles. The molecule has 0 spiro atoms. The number of methoxy groups -OCH3 is 1. The Balaban J connectivity index is 0.00000338. The van der Waals surface area contributed by atoms with Crippen LogP contribution in [0, 0.1) is 11.6 Å². The zero-order chi connectivity index (χ0) is 18.2. The minimum absolute atomic E-state index is 0. The molecule has 0 aliphatic carbocycles. The molecule has 142 valence electrons. The first kappa shape index (κ1) is 22.1. The Morgan fingerprint density at radius 3 is 2.23 bits per heavy atom. The van der Waals surface area contributed by atoms with Crippen molar-refractivity contribution in [2.45, 2.75) is 13.0 Å². The number of halogens is 3. The molecule has 0 heterocycles. The molecule has 0 saturated carbocycles. The average molecular weight is 475 g/mol. The molecule has 1 N–H and O–H groups in total. The Labute approximate surface area is 170 Å². The van der Waals surface area contributed by atoms with Gasteiger partial charge in [0.1, 0.15) is 17.4 Å². The summed E-state index contributed by atoms with van der Waals surface area (Å²) < 4.78 is 31.6. The number of ether oxygens (including phenoxy) is 1. The summed E-state index contributed by atoms with van der Waals surface area (Å²) in [5.41, 5.74) is 1.73. The Morgan fingerprint density at radius 1 is 1.08 bits per heavy atom. The minimum Gasteiger partial charge on any atom is -0.497 e. The molecular weight excluding hydrogens is 451 g/mol. The van der Waals surface area contributed by atoms with E-state index < -0.39 is 11.6 Å². The molecule has 2 aromatic carbocycles. The van der Waals surface area contributed by atoms with Crippen molar-refractivity contribution in [3.8, 4) is 5.75 Å². The maximum atomic E-state index is 13.2. The molecule has 0 unspecified atom stereocenters. The molecule has 2 aromatic rings. The molecule has 26 heavy (non-hydrogen) atoms. The molecule has 7 heteroatoms. The predicted octanol–water partition coefficient (Wildman–Crippen LogP) is 3.84. The van der Waals surface area contributed by atoms with Crippen molar-refractivity contribution < 1.29 is 13.5 Å². The number of guanidine groups is 1. The third-order valence-corrected chi connectivity index (χ3v) is 3.77. The second kappa shape index (κ2) is 10.9. The number of rotatable bonds is 6. The third-order valence-electron chi connectivity index (χ3n) is 3.77. The molecule has 0 amide bonds. The van der Waals surface area contributed by atoms with E-state index in [2.05, 4.69) is 10.3 Å². The summed E-state index contributed by atoms with van der Waals surface area (Å²) in [7, 11) is 5.27. The van der Waals surface area contributed by atoms with E-state index in [0.717, 1.165) is 17.4 Å². The Kier molecular flexibility index (Phi) is 9.32. The van der Waals surface area contributed by atoms with Crippen LogP contribution in [0.5, 0.6) is 5.75 Å². The summed E-state index contributed by atoms with van der Waals surface area (Å²) in [6.07, 6.45) is 0.504. The standard InChI is InChI=1S/C19H23F2N3O.HI/c1-22-19(23-9-8-15-10-16(20)12-17(21)11-15)24(2)13-14-4-6-18(25-3)7-5-14;/h4-7,10-12H,8-9,13H2,1-3H3,(H,22,23);1H. The van der Waals surface area contributed by atoms with Gasteiger partial charge in [-0.15, -0.1) is 24.0 Å². The van der Waals surface area contributed by atoms with Gasteiger partial charge in [-0.3, -0.25) is 4.99 Å². The van der Waals surface area contributed by atoms with Crippen LogP contribution in [0.4, 0.5) is 8.78 Å². The largest absolute Gasteiger partial charge is 0.497 e. The lowest BCUT2D eigenvalue weighted by Crippen LogP contribution is -2.39. The van der Waals surface area contributed by atoms with Gasteiger partial charge in [-0.2, -0.15) is 0 Å². The van der Waals surface area contributed by atoms with E-state index in [4.69, 9.17) is 4.74 Å². The van der Waals surface area contributed by atoms with E-state index in [-0.39, 0.29) is 24.0 Å². The van der Waals surface area contributed by atoms with Crippen molar-refractivity contribution in [3.05, 3.63) is 65.2 Å². The topological polar surface area (TPSA) is 36.9 Å². The van der Waals surface area contributed by atoms with Gasteiger partial charge in [0.05, 0.1) is 7.11 Å². The van der Waals surface area contributed by atoms with Gasteiger partial charge < -0.3 is 15.0 Å². The highest BCUT2D eigenvalue weighted by atomic mass is 127. The fourth-order valence-electron chi connectivity index (χ4n) is 2.54. The zero-order valence-corrected chi connectivity index (χ0v) is 17.5. The molecule has 2 rings (SSSR count).